The number of allylic oxidation sites excluding steroid dienone is 2. The maximum Gasteiger partial charge on any atom is 0.234 e. The summed E-state index contributed by atoms with van der Waals surface area (Å²) < 4.78 is 7.33. The van der Waals surface area contributed by atoms with Gasteiger partial charge >= 0.3 is 0 Å². The highest BCUT2D eigenvalue weighted by Crippen LogP contribution is 2.50. The number of carbonyl (C=O) groups is 2. The van der Waals surface area contributed by atoms with E-state index < -0.39 is 0 Å². The van der Waals surface area contributed by atoms with Gasteiger partial charge in [-0.25, -0.2) is 0 Å². The van der Waals surface area contributed by atoms with Crippen molar-refractivity contribution in [2.75, 3.05) is 19.7 Å². The highest BCUT2D eigenvalue weighted by Gasteiger charge is 2.57. The topological polar surface area (TPSA) is 83.0 Å². The fourth-order valence-electron chi connectivity index (χ4n) is 8.13. The predicted octanol–water partition coefficient (Wildman–Crippen LogP) is 6.87. The minimum absolute atomic E-state index is 0.00922. The summed E-state index contributed by atoms with van der Waals surface area (Å²) in [5.74, 6) is -0.429. The zero-order chi connectivity index (χ0) is 31.8. The van der Waals surface area contributed by atoms with E-state index in [-0.39, 0.29) is 47.5 Å². The number of amides is 2. The van der Waals surface area contributed by atoms with Gasteiger partial charge in [0.2, 0.25) is 11.8 Å². The SMILES string of the molecule is CC1=C2[C@@H](CC/C(=C/c3cc(Br)ccc3O)c3ccccn3)OC[C@@H]2[C@@H]2C(=O)N(C3CCN(Cc4ccccc4)CC3)C(=O)[C@@H]2C1. The van der Waals surface area contributed by atoms with Gasteiger partial charge in [0.25, 0.3) is 0 Å². The molecule has 0 saturated carbocycles. The van der Waals surface area contributed by atoms with Crippen LogP contribution in [0, 0.1) is 17.8 Å². The largest absolute Gasteiger partial charge is 0.507 e. The minimum Gasteiger partial charge on any atom is -0.507 e. The molecular formula is C38H40BrN3O4. The Morgan fingerprint density at radius 3 is 2.57 bits per heavy atom. The minimum atomic E-state index is -0.331. The van der Waals surface area contributed by atoms with E-state index in [1.54, 1.807) is 17.2 Å². The maximum atomic E-state index is 14.1. The summed E-state index contributed by atoms with van der Waals surface area (Å²) in [5.41, 5.74) is 6.28. The van der Waals surface area contributed by atoms with Gasteiger partial charge in [0.15, 0.2) is 0 Å². The molecule has 7 nitrogen and oxygen atoms in total. The van der Waals surface area contributed by atoms with E-state index >= 15 is 0 Å². The first-order chi connectivity index (χ1) is 22.4. The van der Waals surface area contributed by atoms with Crippen LogP contribution < -0.4 is 0 Å². The lowest BCUT2D eigenvalue weighted by Crippen LogP contribution is -2.47. The molecule has 3 aliphatic heterocycles. The van der Waals surface area contributed by atoms with E-state index in [1.165, 1.54) is 16.7 Å². The van der Waals surface area contributed by atoms with Crippen LogP contribution >= 0.6 is 15.9 Å². The number of carbonyl (C=O) groups excluding carboxylic acids is 2. The Morgan fingerprint density at radius 1 is 1.02 bits per heavy atom. The number of pyridine rings is 1. The number of hydrogen-bond donors (Lipinski definition) is 1. The van der Waals surface area contributed by atoms with Crippen LogP contribution in [0.15, 0.2) is 88.5 Å². The summed E-state index contributed by atoms with van der Waals surface area (Å²) in [5, 5.41) is 10.5. The van der Waals surface area contributed by atoms with Crippen molar-refractivity contribution in [1.29, 1.82) is 0 Å². The third kappa shape index (κ3) is 6.10. The molecule has 0 spiro atoms. The summed E-state index contributed by atoms with van der Waals surface area (Å²) >= 11 is 3.52. The van der Waals surface area contributed by atoms with Crippen LogP contribution in [0.1, 0.15) is 55.8 Å². The number of nitrogens with zero attached hydrogens (tertiary/aromatic N) is 3. The van der Waals surface area contributed by atoms with Crippen molar-refractivity contribution in [2.24, 2.45) is 17.8 Å². The number of phenols is 1. The van der Waals surface area contributed by atoms with E-state index in [1.807, 2.05) is 42.5 Å². The van der Waals surface area contributed by atoms with E-state index in [2.05, 4.69) is 57.0 Å². The molecule has 0 unspecified atom stereocenters. The van der Waals surface area contributed by atoms with E-state index in [0.29, 0.717) is 19.4 Å². The van der Waals surface area contributed by atoms with Gasteiger partial charge in [-0.3, -0.25) is 24.4 Å². The lowest BCUT2D eigenvalue weighted by molar-refractivity contribution is -0.144. The second-order valence-corrected chi connectivity index (χ2v) is 14.1. The lowest BCUT2D eigenvalue weighted by Gasteiger charge is -2.36. The monoisotopic (exact) mass is 681 g/mol. The predicted molar refractivity (Wildman–Crippen MR) is 181 cm³/mol. The molecule has 3 saturated heterocycles. The number of piperidine rings is 1. The Hall–Kier alpha value is -3.59. The van der Waals surface area contributed by atoms with Gasteiger partial charge < -0.3 is 9.84 Å². The highest BCUT2D eigenvalue weighted by molar-refractivity contribution is 9.10. The fourth-order valence-corrected chi connectivity index (χ4v) is 8.51. The number of likely N-dealkylation sites (tertiary alicyclic amines) is 2. The molecule has 4 atom stereocenters. The van der Waals surface area contributed by atoms with Crippen molar-refractivity contribution in [3.63, 3.8) is 0 Å². The molecular weight excluding hydrogens is 642 g/mol. The van der Waals surface area contributed by atoms with Crippen LogP contribution in [0.4, 0.5) is 0 Å². The summed E-state index contributed by atoms with van der Waals surface area (Å²) in [4.78, 5) is 36.6. The van der Waals surface area contributed by atoms with Gasteiger partial charge in [0.1, 0.15) is 5.75 Å². The molecule has 3 aromatic rings. The number of fused-ring (bicyclic) bond motifs is 3. The van der Waals surface area contributed by atoms with Gasteiger partial charge in [-0.1, -0.05) is 57.9 Å². The summed E-state index contributed by atoms with van der Waals surface area (Å²) in [6.07, 6.45) is 7.34. The summed E-state index contributed by atoms with van der Waals surface area (Å²) in [7, 11) is 0. The van der Waals surface area contributed by atoms with E-state index in [9.17, 15) is 14.7 Å². The number of aromatic nitrogens is 1. The van der Waals surface area contributed by atoms with Crippen LogP contribution in [0.5, 0.6) is 5.75 Å². The van der Waals surface area contributed by atoms with Crippen molar-refractivity contribution >= 4 is 39.4 Å². The van der Waals surface area contributed by atoms with Gasteiger partial charge in [-0.05, 0) is 92.1 Å². The summed E-state index contributed by atoms with van der Waals surface area (Å²) in [6.45, 7) is 5.25. The Kier molecular flexibility index (Phi) is 8.95. The van der Waals surface area contributed by atoms with Crippen molar-refractivity contribution in [2.45, 2.75) is 57.7 Å². The molecule has 4 aliphatic rings. The zero-order valence-electron chi connectivity index (χ0n) is 26.1. The number of hydrogen-bond acceptors (Lipinski definition) is 6. The normalized spacial score (nSPS) is 25.7. The molecule has 0 radical (unpaired) electrons. The van der Waals surface area contributed by atoms with Crippen LogP contribution in [0.2, 0.25) is 0 Å². The van der Waals surface area contributed by atoms with E-state index in [4.69, 9.17) is 4.74 Å². The Morgan fingerprint density at radius 2 is 1.80 bits per heavy atom. The third-order valence-corrected chi connectivity index (χ3v) is 10.8. The Balaban J connectivity index is 1.05. The van der Waals surface area contributed by atoms with Crippen LogP contribution in [0.25, 0.3) is 11.6 Å². The molecule has 8 heteroatoms. The zero-order valence-corrected chi connectivity index (χ0v) is 27.7. The molecule has 1 aromatic heterocycles. The quantitative estimate of drug-likeness (QED) is 0.206. The van der Waals surface area contributed by atoms with Gasteiger partial charge in [-0.2, -0.15) is 0 Å². The first-order valence-electron chi connectivity index (χ1n) is 16.4. The number of imide groups is 1. The number of halogens is 1. The van der Waals surface area contributed by atoms with Crippen LogP contribution in [-0.4, -0.2) is 63.5 Å². The Bertz CT molecular complexity index is 1670. The molecule has 7 rings (SSSR count). The molecule has 1 aliphatic carbocycles. The number of aromatic hydroxyl groups is 1. The summed E-state index contributed by atoms with van der Waals surface area (Å²) in [6, 6.07) is 21.7. The first-order valence-corrected chi connectivity index (χ1v) is 17.2. The molecule has 238 valence electrons. The molecule has 4 heterocycles. The van der Waals surface area contributed by atoms with Crippen molar-refractivity contribution in [3.8, 4) is 5.75 Å². The second kappa shape index (κ2) is 13.3. The number of rotatable bonds is 8. The standard InChI is InChI=1S/C38H40BrN3O4/c1-24-19-30-36(38(45)42(37(30)44)29-14-17-41(18-15-29)22-25-7-3-2-4-8-25)31-23-46-34(35(24)31)13-10-26(32-9-5-6-16-40-32)20-27-21-28(39)11-12-33(27)43/h2-9,11-12,16,20-21,29-31,34,36,43H,10,13-15,17-19,22-23H2,1H3/b26-20-/t30-,31+,34-,36-/m1/s1. The van der Waals surface area contributed by atoms with Crippen LogP contribution in [0.3, 0.4) is 0 Å². The Labute approximate surface area is 279 Å². The molecule has 1 N–H and O–H groups in total. The van der Waals surface area contributed by atoms with Gasteiger partial charge in [0, 0.05) is 47.8 Å². The third-order valence-electron chi connectivity index (χ3n) is 10.3. The molecule has 2 aromatic carbocycles. The average molecular weight is 683 g/mol. The van der Waals surface area contributed by atoms with E-state index in [0.717, 1.165) is 60.2 Å². The van der Waals surface area contributed by atoms with Gasteiger partial charge in [0.05, 0.1) is 30.2 Å². The maximum absolute atomic E-state index is 14.1. The average Bonchev–Trinajstić information content (AvgIpc) is 3.60. The molecule has 2 amide bonds. The smallest absolute Gasteiger partial charge is 0.234 e. The molecule has 3 fully saturated rings. The molecule has 46 heavy (non-hydrogen) atoms. The van der Waals surface area contributed by atoms with Crippen molar-refractivity contribution in [1.82, 2.24) is 14.8 Å². The lowest BCUT2D eigenvalue weighted by atomic mass is 9.70. The van der Waals surface area contributed by atoms with Crippen molar-refractivity contribution in [3.05, 3.63) is 105 Å². The molecule has 0 bridgehead atoms. The van der Waals surface area contributed by atoms with Crippen LogP contribution in [-0.2, 0) is 20.9 Å². The number of phenolic OH excluding ortho intramolecular Hbond substituents is 1. The van der Waals surface area contributed by atoms with Crippen molar-refractivity contribution < 1.29 is 19.4 Å². The number of ether oxygens (including phenoxy) is 1. The first kappa shape index (κ1) is 31.0. The highest BCUT2D eigenvalue weighted by atomic mass is 79.9. The number of benzene rings is 2. The second-order valence-electron chi connectivity index (χ2n) is 13.2. The van der Waals surface area contributed by atoms with Gasteiger partial charge in [-0.15, -0.1) is 0 Å². The fraction of sp³-hybridized carbons (Fsp3) is 0.395.